The van der Waals surface area contributed by atoms with E-state index in [0.717, 1.165) is 43.6 Å². The molecule has 0 aliphatic carbocycles. The van der Waals surface area contributed by atoms with Crippen LogP contribution in [0.25, 0.3) is 0 Å². The average molecular weight is 546 g/mol. The summed E-state index contributed by atoms with van der Waals surface area (Å²) < 4.78 is 5.48. The lowest BCUT2D eigenvalue weighted by atomic mass is 10.1. The number of carbonyl (C=O) groups is 2. The van der Waals surface area contributed by atoms with E-state index in [9.17, 15) is 9.59 Å². The summed E-state index contributed by atoms with van der Waals surface area (Å²) in [6.07, 6.45) is 3.20. The van der Waals surface area contributed by atoms with Gasteiger partial charge in [0.2, 0.25) is 5.91 Å². The van der Waals surface area contributed by atoms with Crippen LogP contribution in [0.4, 0.5) is 0 Å². The van der Waals surface area contributed by atoms with E-state index in [1.54, 1.807) is 48.3 Å². The number of nitrogens with zero attached hydrogens (tertiary/aromatic N) is 2. The first kappa shape index (κ1) is 27.1. The van der Waals surface area contributed by atoms with E-state index in [1.165, 1.54) is 0 Å². The molecule has 0 unspecified atom stereocenters. The van der Waals surface area contributed by atoms with Crippen LogP contribution in [0.15, 0.2) is 36.4 Å². The number of hydrogen-bond donors (Lipinski definition) is 0. The summed E-state index contributed by atoms with van der Waals surface area (Å²) in [7, 11) is 1.80. The van der Waals surface area contributed by atoms with Gasteiger partial charge in [-0.1, -0.05) is 58.5 Å². The molecule has 3 rings (SSSR count). The van der Waals surface area contributed by atoms with Crippen molar-refractivity contribution < 1.29 is 14.3 Å². The van der Waals surface area contributed by atoms with Crippen molar-refractivity contribution in [1.82, 2.24) is 9.80 Å². The van der Waals surface area contributed by atoms with Crippen LogP contribution in [0.3, 0.4) is 0 Å². The van der Waals surface area contributed by atoms with E-state index in [1.807, 2.05) is 0 Å². The zero-order valence-corrected chi connectivity index (χ0v) is 22.1. The van der Waals surface area contributed by atoms with Crippen molar-refractivity contribution in [3.05, 3.63) is 67.6 Å². The summed E-state index contributed by atoms with van der Waals surface area (Å²) in [5.41, 5.74) is 1.54. The van der Waals surface area contributed by atoms with E-state index in [4.69, 9.17) is 51.1 Å². The fourth-order valence-corrected chi connectivity index (χ4v) is 4.64. The predicted molar refractivity (Wildman–Crippen MR) is 138 cm³/mol. The van der Waals surface area contributed by atoms with Crippen molar-refractivity contribution in [2.45, 2.75) is 38.1 Å². The Labute approximate surface area is 220 Å². The number of hydrogen-bond acceptors (Lipinski definition) is 4. The van der Waals surface area contributed by atoms with Gasteiger partial charge in [-0.05, 0) is 61.3 Å². The lowest BCUT2D eigenvalue weighted by Crippen LogP contribution is -2.45. The van der Waals surface area contributed by atoms with E-state index >= 15 is 0 Å². The summed E-state index contributed by atoms with van der Waals surface area (Å²) in [5, 5.41) is 1.73. The molecule has 5 nitrogen and oxygen atoms in total. The Kier molecular flexibility index (Phi) is 10.3. The highest BCUT2D eigenvalue weighted by molar-refractivity contribution is 6.42. The second-order valence-electron chi connectivity index (χ2n) is 8.53. The van der Waals surface area contributed by atoms with Gasteiger partial charge in [-0.2, -0.15) is 0 Å². The van der Waals surface area contributed by atoms with Crippen molar-refractivity contribution >= 4 is 58.3 Å². The fourth-order valence-electron chi connectivity index (χ4n) is 4.00. The number of esters is 1. The maximum absolute atomic E-state index is 13.0. The maximum Gasteiger partial charge on any atom is 0.310 e. The van der Waals surface area contributed by atoms with Gasteiger partial charge in [-0.15, -0.1) is 0 Å². The standard InChI is InChI=1S/C25H28Cl4N2O3/c1-30(24(32)14-17-4-6-20(26)22(28)12-17)19(16-31-9-2-3-10-31)8-11-34-25(33)15-18-5-7-21(27)23(29)13-18/h4-7,12-13,19H,2-3,8-11,14-16H2,1H3/t19-/m0/s1. The molecule has 0 N–H and O–H groups in total. The highest BCUT2D eigenvalue weighted by Gasteiger charge is 2.25. The minimum Gasteiger partial charge on any atom is -0.465 e. The Morgan fingerprint density at radius 3 is 2.03 bits per heavy atom. The number of halogens is 4. The van der Waals surface area contributed by atoms with Gasteiger partial charge in [0.1, 0.15) is 0 Å². The second kappa shape index (κ2) is 13.0. The van der Waals surface area contributed by atoms with Gasteiger partial charge in [0.25, 0.3) is 0 Å². The molecule has 2 aromatic carbocycles. The zero-order valence-electron chi connectivity index (χ0n) is 19.0. The van der Waals surface area contributed by atoms with Gasteiger partial charge in [-0.25, -0.2) is 0 Å². The van der Waals surface area contributed by atoms with Crippen molar-refractivity contribution in [2.24, 2.45) is 0 Å². The van der Waals surface area contributed by atoms with Gasteiger partial charge in [0, 0.05) is 26.1 Å². The van der Waals surface area contributed by atoms with Crippen LogP contribution in [0.2, 0.25) is 20.1 Å². The molecule has 0 bridgehead atoms. The van der Waals surface area contributed by atoms with E-state index < -0.39 is 0 Å². The van der Waals surface area contributed by atoms with Crippen LogP contribution >= 0.6 is 46.4 Å². The molecule has 1 amide bonds. The highest BCUT2D eigenvalue weighted by atomic mass is 35.5. The lowest BCUT2D eigenvalue weighted by Gasteiger charge is -2.31. The molecule has 0 radical (unpaired) electrons. The average Bonchev–Trinajstić information content (AvgIpc) is 3.31. The molecule has 1 atom stereocenters. The highest BCUT2D eigenvalue weighted by Crippen LogP contribution is 2.24. The minimum atomic E-state index is -0.344. The van der Waals surface area contributed by atoms with E-state index in [2.05, 4.69) is 4.90 Å². The van der Waals surface area contributed by atoms with Crippen LogP contribution in [0, 0.1) is 0 Å². The SMILES string of the molecule is CN(C(=O)Cc1ccc(Cl)c(Cl)c1)[C@@H](CCOC(=O)Cc1ccc(Cl)c(Cl)c1)CN1CCCC1. The van der Waals surface area contributed by atoms with Crippen molar-refractivity contribution in [3.63, 3.8) is 0 Å². The summed E-state index contributed by atoms with van der Waals surface area (Å²) in [6, 6.07) is 10.2. The molecular formula is C25H28Cl4N2O3. The zero-order chi connectivity index (χ0) is 24.7. The fraction of sp³-hybridized carbons (Fsp3) is 0.440. The van der Waals surface area contributed by atoms with Crippen LogP contribution in [-0.2, 0) is 27.2 Å². The smallest absolute Gasteiger partial charge is 0.310 e. The number of amides is 1. The molecule has 1 aliphatic heterocycles. The monoisotopic (exact) mass is 544 g/mol. The van der Waals surface area contributed by atoms with Crippen molar-refractivity contribution in [3.8, 4) is 0 Å². The third-order valence-corrected chi connectivity index (χ3v) is 7.47. The summed E-state index contributed by atoms with van der Waals surface area (Å²) in [5.74, 6) is -0.368. The first-order chi connectivity index (χ1) is 16.2. The van der Waals surface area contributed by atoms with Crippen LogP contribution in [0.5, 0.6) is 0 Å². The van der Waals surface area contributed by atoms with Gasteiger partial charge in [-0.3, -0.25) is 9.59 Å². The molecule has 1 fully saturated rings. The van der Waals surface area contributed by atoms with Gasteiger partial charge in [0.05, 0.1) is 39.5 Å². The molecule has 1 saturated heterocycles. The van der Waals surface area contributed by atoms with Gasteiger partial charge in [0.15, 0.2) is 0 Å². The first-order valence-electron chi connectivity index (χ1n) is 11.2. The van der Waals surface area contributed by atoms with Gasteiger partial charge >= 0.3 is 5.97 Å². The molecule has 34 heavy (non-hydrogen) atoms. The van der Waals surface area contributed by atoms with Crippen molar-refractivity contribution in [2.75, 3.05) is 33.3 Å². The quantitative estimate of drug-likeness (QED) is 0.346. The predicted octanol–water partition coefficient (Wildman–Crippen LogP) is 5.94. The number of benzene rings is 2. The summed E-state index contributed by atoms with van der Waals surface area (Å²) >= 11 is 24.0. The number of likely N-dealkylation sites (tertiary alicyclic amines) is 1. The normalized spacial score (nSPS) is 14.7. The maximum atomic E-state index is 13.0. The third kappa shape index (κ3) is 8.03. The molecule has 0 saturated carbocycles. The second-order valence-corrected chi connectivity index (χ2v) is 10.2. The Hall–Kier alpha value is -1.50. The summed E-state index contributed by atoms with van der Waals surface area (Å²) in [6.45, 7) is 3.00. The molecule has 1 aliphatic rings. The molecule has 2 aromatic rings. The largest absolute Gasteiger partial charge is 0.465 e. The summed E-state index contributed by atoms with van der Waals surface area (Å²) in [4.78, 5) is 29.5. The molecular weight excluding hydrogens is 518 g/mol. The van der Waals surface area contributed by atoms with E-state index in [-0.39, 0.29) is 37.4 Å². The topological polar surface area (TPSA) is 49.9 Å². The molecule has 184 valence electrons. The Bertz CT molecular complexity index is 1010. The number of ether oxygens (including phenoxy) is 1. The number of likely N-dealkylation sites (N-methyl/N-ethyl adjacent to an activating group) is 1. The number of rotatable bonds is 10. The minimum absolute atomic E-state index is 0.0234. The Morgan fingerprint density at radius 1 is 0.912 bits per heavy atom. The molecule has 9 heteroatoms. The lowest BCUT2D eigenvalue weighted by molar-refractivity contribution is -0.143. The van der Waals surface area contributed by atoms with Crippen molar-refractivity contribution in [1.29, 1.82) is 0 Å². The van der Waals surface area contributed by atoms with Crippen LogP contribution in [-0.4, -0.2) is 61.0 Å². The Morgan fingerprint density at radius 2 is 1.47 bits per heavy atom. The third-order valence-electron chi connectivity index (χ3n) is 5.99. The first-order valence-corrected chi connectivity index (χ1v) is 12.8. The van der Waals surface area contributed by atoms with Gasteiger partial charge < -0.3 is 14.5 Å². The van der Waals surface area contributed by atoms with Crippen LogP contribution < -0.4 is 0 Å². The molecule has 0 spiro atoms. The number of carbonyl (C=O) groups excluding carboxylic acids is 2. The van der Waals surface area contributed by atoms with Crippen LogP contribution in [0.1, 0.15) is 30.4 Å². The molecule has 1 heterocycles. The van der Waals surface area contributed by atoms with E-state index in [0.29, 0.717) is 26.5 Å². The molecule has 0 aromatic heterocycles. The Balaban J connectivity index is 1.56.